The van der Waals surface area contributed by atoms with Crippen LogP contribution in [-0.4, -0.2) is 30.1 Å². The zero-order chi connectivity index (χ0) is 14.2. The molecule has 1 heterocycles. The third-order valence-electron chi connectivity index (χ3n) is 4.47. The standard InChI is InChI=1S/C15H17ClO4/c16-12-3-1-2-11(10-12)14(13(17)18)4-6-15(7-5-14)19-8-9-20-15/h1-3,10H,4-9H2,(H,17,18). The average Bonchev–Trinajstić information content (AvgIpc) is 2.88. The molecule has 5 heteroatoms. The molecule has 1 N–H and O–H groups in total. The van der Waals surface area contributed by atoms with E-state index in [4.69, 9.17) is 21.1 Å². The fraction of sp³-hybridized carbons (Fsp3) is 0.533. The second kappa shape index (κ2) is 5.02. The van der Waals surface area contributed by atoms with E-state index in [1.807, 2.05) is 6.07 Å². The van der Waals surface area contributed by atoms with Gasteiger partial charge in [0.1, 0.15) is 0 Å². The van der Waals surface area contributed by atoms with Gasteiger partial charge in [-0.1, -0.05) is 23.7 Å². The molecular formula is C15H17ClO4. The highest BCUT2D eigenvalue weighted by atomic mass is 35.5. The van der Waals surface area contributed by atoms with Gasteiger partial charge < -0.3 is 14.6 Å². The fourth-order valence-electron chi connectivity index (χ4n) is 3.26. The Morgan fingerprint density at radius 1 is 1.15 bits per heavy atom. The zero-order valence-electron chi connectivity index (χ0n) is 11.1. The van der Waals surface area contributed by atoms with Crippen molar-refractivity contribution in [3.8, 4) is 0 Å². The lowest BCUT2D eigenvalue weighted by Gasteiger charge is -2.41. The monoisotopic (exact) mass is 296 g/mol. The first-order valence-electron chi connectivity index (χ1n) is 6.84. The highest BCUT2D eigenvalue weighted by molar-refractivity contribution is 6.30. The number of carbonyl (C=O) groups is 1. The number of carboxylic acid groups (broad SMARTS) is 1. The number of aliphatic carboxylic acids is 1. The summed E-state index contributed by atoms with van der Waals surface area (Å²) in [5.41, 5.74) is -0.115. The maximum Gasteiger partial charge on any atom is 0.314 e. The molecule has 0 atom stereocenters. The highest BCUT2D eigenvalue weighted by Gasteiger charge is 2.50. The molecule has 108 valence electrons. The van der Waals surface area contributed by atoms with Gasteiger partial charge in [0, 0.05) is 17.9 Å². The number of carboxylic acids is 1. The summed E-state index contributed by atoms with van der Waals surface area (Å²) in [5, 5.41) is 10.3. The molecule has 4 nitrogen and oxygen atoms in total. The van der Waals surface area contributed by atoms with Crippen LogP contribution in [0, 0.1) is 0 Å². The van der Waals surface area contributed by atoms with Crippen molar-refractivity contribution in [1.82, 2.24) is 0 Å². The molecule has 0 amide bonds. The summed E-state index contributed by atoms with van der Waals surface area (Å²) >= 11 is 6.01. The number of hydrogen-bond donors (Lipinski definition) is 1. The van der Waals surface area contributed by atoms with Crippen molar-refractivity contribution >= 4 is 17.6 Å². The summed E-state index contributed by atoms with van der Waals surface area (Å²) in [7, 11) is 0. The third kappa shape index (κ3) is 2.22. The summed E-state index contributed by atoms with van der Waals surface area (Å²) in [5.74, 6) is -1.36. The number of halogens is 1. The van der Waals surface area contributed by atoms with Crippen molar-refractivity contribution in [1.29, 1.82) is 0 Å². The van der Waals surface area contributed by atoms with Crippen molar-refractivity contribution in [2.75, 3.05) is 13.2 Å². The molecule has 1 aliphatic carbocycles. The molecule has 1 saturated heterocycles. The molecule has 2 fully saturated rings. The molecule has 1 spiro atoms. The van der Waals surface area contributed by atoms with Gasteiger partial charge in [0.15, 0.2) is 5.79 Å². The molecule has 1 aromatic rings. The van der Waals surface area contributed by atoms with Crippen LogP contribution in [0.5, 0.6) is 0 Å². The Hall–Kier alpha value is -1.10. The molecule has 1 saturated carbocycles. The van der Waals surface area contributed by atoms with Gasteiger partial charge in [0.05, 0.1) is 18.6 Å². The SMILES string of the molecule is O=C(O)C1(c2cccc(Cl)c2)CCC2(CC1)OCCO2. The Morgan fingerprint density at radius 2 is 1.80 bits per heavy atom. The minimum atomic E-state index is -0.883. The van der Waals surface area contributed by atoms with Crippen LogP contribution in [0.25, 0.3) is 0 Å². The highest BCUT2D eigenvalue weighted by Crippen LogP contribution is 2.46. The summed E-state index contributed by atoms with van der Waals surface area (Å²) in [6.45, 7) is 1.19. The first-order chi connectivity index (χ1) is 9.56. The smallest absolute Gasteiger partial charge is 0.314 e. The van der Waals surface area contributed by atoms with Gasteiger partial charge in [-0.25, -0.2) is 0 Å². The van der Waals surface area contributed by atoms with Crippen LogP contribution in [0.3, 0.4) is 0 Å². The van der Waals surface area contributed by atoms with Crippen molar-refractivity contribution in [3.63, 3.8) is 0 Å². The van der Waals surface area contributed by atoms with Gasteiger partial charge in [-0.2, -0.15) is 0 Å². The Balaban J connectivity index is 1.89. The largest absolute Gasteiger partial charge is 0.481 e. The predicted octanol–water partition coefficient (Wildman–Crippen LogP) is 2.98. The second-order valence-corrected chi connectivity index (χ2v) is 5.94. The summed E-state index contributed by atoms with van der Waals surface area (Å²) < 4.78 is 11.3. The van der Waals surface area contributed by atoms with E-state index in [9.17, 15) is 9.90 Å². The normalized spacial score (nSPS) is 23.9. The number of hydrogen-bond acceptors (Lipinski definition) is 3. The van der Waals surface area contributed by atoms with E-state index in [-0.39, 0.29) is 0 Å². The van der Waals surface area contributed by atoms with E-state index >= 15 is 0 Å². The van der Waals surface area contributed by atoms with Crippen molar-refractivity contribution < 1.29 is 19.4 Å². The first kappa shape index (κ1) is 13.9. The minimum absolute atomic E-state index is 0.503. The number of ether oxygens (including phenoxy) is 2. The first-order valence-corrected chi connectivity index (χ1v) is 7.22. The minimum Gasteiger partial charge on any atom is -0.481 e. The van der Waals surface area contributed by atoms with Crippen molar-refractivity contribution in [2.24, 2.45) is 0 Å². The zero-order valence-corrected chi connectivity index (χ0v) is 11.9. The predicted molar refractivity (Wildman–Crippen MR) is 73.9 cm³/mol. The molecule has 1 aliphatic heterocycles. The van der Waals surface area contributed by atoms with Gasteiger partial charge in [-0.3, -0.25) is 4.79 Å². The van der Waals surface area contributed by atoms with Crippen molar-refractivity contribution in [3.05, 3.63) is 34.9 Å². The summed E-state index contributed by atoms with van der Waals surface area (Å²) in [6, 6.07) is 7.15. The second-order valence-electron chi connectivity index (χ2n) is 5.51. The topological polar surface area (TPSA) is 55.8 Å². The third-order valence-corrected chi connectivity index (χ3v) is 4.70. The Morgan fingerprint density at radius 3 is 2.35 bits per heavy atom. The average molecular weight is 297 g/mol. The van der Waals surface area contributed by atoms with Crippen LogP contribution in [0.1, 0.15) is 31.2 Å². The van der Waals surface area contributed by atoms with Gasteiger partial charge in [-0.15, -0.1) is 0 Å². The van der Waals surface area contributed by atoms with Crippen LogP contribution in [-0.2, 0) is 19.7 Å². The molecule has 0 radical (unpaired) electrons. The lowest BCUT2D eigenvalue weighted by Crippen LogP contribution is -2.46. The molecule has 3 rings (SSSR count). The molecule has 0 aromatic heterocycles. The summed E-state index contributed by atoms with van der Waals surface area (Å²) in [6.07, 6.45) is 2.21. The van der Waals surface area contributed by atoms with Gasteiger partial charge in [0.25, 0.3) is 0 Å². The Kier molecular flexibility index (Phi) is 3.48. The number of rotatable bonds is 2. The summed E-state index contributed by atoms with van der Waals surface area (Å²) in [4.78, 5) is 11.9. The molecular weight excluding hydrogens is 280 g/mol. The van der Waals surface area contributed by atoms with Crippen LogP contribution in [0.4, 0.5) is 0 Å². The van der Waals surface area contributed by atoms with E-state index in [1.54, 1.807) is 18.2 Å². The van der Waals surface area contributed by atoms with Crippen LogP contribution in [0.15, 0.2) is 24.3 Å². The molecule has 1 aromatic carbocycles. The van der Waals surface area contributed by atoms with Crippen LogP contribution in [0.2, 0.25) is 5.02 Å². The van der Waals surface area contributed by atoms with Crippen LogP contribution < -0.4 is 0 Å². The molecule has 0 bridgehead atoms. The van der Waals surface area contributed by atoms with E-state index in [0.717, 1.165) is 5.56 Å². The van der Waals surface area contributed by atoms with E-state index in [2.05, 4.69) is 0 Å². The Labute approximate surface area is 122 Å². The molecule has 0 unspecified atom stereocenters. The fourth-order valence-corrected chi connectivity index (χ4v) is 3.45. The van der Waals surface area contributed by atoms with Gasteiger partial charge in [0.2, 0.25) is 0 Å². The lowest BCUT2D eigenvalue weighted by atomic mass is 9.68. The van der Waals surface area contributed by atoms with E-state index in [1.165, 1.54) is 0 Å². The maximum atomic E-state index is 11.9. The van der Waals surface area contributed by atoms with Crippen LogP contribution >= 0.6 is 11.6 Å². The van der Waals surface area contributed by atoms with Gasteiger partial charge in [-0.05, 0) is 30.5 Å². The Bertz CT molecular complexity index is 512. The molecule has 2 aliphatic rings. The lowest BCUT2D eigenvalue weighted by molar-refractivity contribution is -0.189. The number of benzene rings is 1. The van der Waals surface area contributed by atoms with E-state index in [0.29, 0.717) is 43.9 Å². The van der Waals surface area contributed by atoms with Crippen molar-refractivity contribution in [2.45, 2.75) is 36.9 Å². The van der Waals surface area contributed by atoms with E-state index < -0.39 is 17.2 Å². The maximum absolute atomic E-state index is 11.9. The van der Waals surface area contributed by atoms with Gasteiger partial charge >= 0.3 is 5.97 Å². The molecule has 20 heavy (non-hydrogen) atoms. The quantitative estimate of drug-likeness (QED) is 0.911.